The number of aliphatic hydroxyl groups excluding tert-OH is 1. The summed E-state index contributed by atoms with van der Waals surface area (Å²) in [5, 5.41) is 13.4. The van der Waals surface area contributed by atoms with E-state index in [1.54, 1.807) is 0 Å². The van der Waals surface area contributed by atoms with E-state index in [0.717, 1.165) is 37.6 Å². The van der Waals surface area contributed by atoms with Crippen molar-refractivity contribution in [2.24, 2.45) is 0 Å². The van der Waals surface area contributed by atoms with E-state index in [2.05, 4.69) is 71.7 Å². The second-order valence-corrected chi connectivity index (χ2v) is 8.81. The van der Waals surface area contributed by atoms with Crippen molar-refractivity contribution in [3.05, 3.63) is 95.6 Å². The van der Waals surface area contributed by atoms with Gasteiger partial charge in [-0.15, -0.1) is 0 Å². The number of nitrogens with one attached hydrogen (secondary N) is 1. The molecule has 0 amide bonds. The largest absolute Gasteiger partial charge is 0.457 e. The maximum Gasteiger partial charge on any atom is 0.127 e. The van der Waals surface area contributed by atoms with Crippen LogP contribution in [0.1, 0.15) is 29.5 Å². The average molecular weight is 431 g/mol. The number of hydrogen-bond acceptors (Lipinski definition) is 4. The van der Waals surface area contributed by atoms with E-state index < -0.39 is 0 Å². The van der Waals surface area contributed by atoms with Gasteiger partial charge in [-0.2, -0.15) is 0 Å². The van der Waals surface area contributed by atoms with E-state index in [1.807, 2.05) is 24.3 Å². The van der Waals surface area contributed by atoms with Crippen LogP contribution in [0.25, 0.3) is 0 Å². The summed E-state index contributed by atoms with van der Waals surface area (Å²) >= 11 is 0. The summed E-state index contributed by atoms with van der Waals surface area (Å²) in [6, 6.07) is 27.5. The van der Waals surface area contributed by atoms with Gasteiger partial charge < -0.3 is 15.2 Å². The molecule has 1 fully saturated rings. The lowest BCUT2D eigenvalue weighted by molar-refractivity contribution is 0.206. The fraction of sp³-hybridized carbons (Fsp3) is 0.357. The van der Waals surface area contributed by atoms with Crippen molar-refractivity contribution in [2.75, 3.05) is 19.7 Å². The average Bonchev–Trinajstić information content (AvgIpc) is 3.26. The molecule has 1 heterocycles. The molecule has 2 N–H and O–H groups in total. The van der Waals surface area contributed by atoms with Crippen LogP contribution in [0, 0.1) is 6.92 Å². The van der Waals surface area contributed by atoms with Crippen LogP contribution >= 0.6 is 0 Å². The molecule has 1 aliphatic rings. The first-order valence-corrected chi connectivity index (χ1v) is 11.7. The van der Waals surface area contributed by atoms with Gasteiger partial charge in [0.2, 0.25) is 0 Å². The Bertz CT molecular complexity index is 959. The molecule has 4 rings (SSSR count). The van der Waals surface area contributed by atoms with Crippen molar-refractivity contribution in [1.29, 1.82) is 0 Å². The lowest BCUT2D eigenvalue weighted by Gasteiger charge is -2.27. The molecule has 4 nitrogen and oxygen atoms in total. The minimum Gasteiger partial charge on any atom is -0.457 e. The predicted molar refractivity (Wildman–Crippen MR) is 130 cm³/mol. The third kappa shape index (κ3) is 6.42. The van der Waals surface area contributed by atoms with Gasteiger partial charge in [0.25, 0.3) is 0 Å². The molecular formula is C28H34N2O2. The molecule has 1 aliphatic heterocycles. The van der Waals surface area contributed by atoms with E-state index in [0.29, 0.717) is 6.04 Å². The predicted octanol–water partition coefficient (Wildman–Crippen LogP) is 4.94. The van der Waals surface area contributed by atoms with E-state index in [-0.39, 0.29) is 12.6 Å². The second-order valence-electron chi connectivity index (χ2n) is 8.81. The SMILES string of the molecule is Cc1ccc(Oc2cccc(CN3CCCC3CNC(CO)Cc3ccccc3)c2)cc1. The number of benzene rings is 3. The summed E-state index contributed by atoms with van der Waals surface area (Å²) in [6.07, 6.45) is 3.26. The molecule has 32 heavy (non-hydrogen) atoms. The Balaban J connectivity index is 1.32. The molecule has 0 spiro atoms. The zero-order chi connectivity index (χ0) is 22.2. The van der Waals surface area contributed by atoms with Crippen molar-refractivity contribution >= 4 is 0 Å². The fourth-order valence-corrected chi connectivity index (χ4v) is 4.42. The van der Waals surface area contributed by atoms with Gasteiger partial charge in [-0.3, -0.25) is 4.90 Å². The molecule has 2 unspecified atom stereocenters. The smallest absolute Gasteiger partial charge is 0.127 e. The van der Waals surface area contributed by atoms with Crippen molar-refractivity contribution < 1.29 is 9.84 Å². The highest BCUT2D eigenvalue weighted by molar-refractivity contribution is 5.35. The van der Waals surface area contributed by atoms with Crippen LogP contribution in [0.5, 0.6) is 11.5 Å². The minimum absolute atomic E-state index is 0.0890. The third-order valence-electron chi connectivity index (χ3n) is 6.23. The molecule has 3 aromatic carbocycles. The van der Waals surface area contributed by atoms with Crippen molar-refractivity contribution in [3.63, 3.8) is 0 Å². The summed E-state index contributed by atoms with van der Waals surface area (Å²) in [5.41, 5.74) is 3.75. The molecule has 0 radical (unpaired) electrons. The van der Waals surface area contributed by atoms with E-state index in [9.17, 15) is 5.11 Å². The first kappa shape index (κ1) is 22.5. The fourth-order valence-electron chi connectivity index (χ4n) is 4.42. The zero-order valence-electron chi connectivity index (χ0n) is 18.9. The lowest BCUT2D eigenvalue weighted by atomic mass is 10.1. The van der Waals surface area contributed by atoms with Crippen molar-refractivity contribution in [2.45, 2.75) is 44.8 Å². The third-order valence-corrected chi connectivity index (χ3v) is 6.23. The number of ether oxygens (including phenoxy) is 1. The van der Waals surface area contributed by atoms with Gasteiger partial charge in [0, 0.05) is 25.2 Å². The molecule has 4 heteroatoms. The molecule has 3 aromatic rings. The molecule has 0 aliphatic carbocycles. The summed E-state index contributed by atoms with van der Waals surface area (Å²) in [6.45, 7) is 5.16. The topological polar surface area (TPSA) is 44.7 Å². The van der Waals surface area contributed by atoms with E-state index in [1.165, 1.54) is 29.5 Å². The van der Waals surface area contributed by atoms with E-state index >= 15 is 0 Å². The molecule has 0 saturated carbocycles. The summed E-state index contributed by atoms with van der Waals surface area (Å²) in [5.74, 6) is 1.74. The lowest BCUT2D eigenvalue weighted by Crippen LogP contribution is -2.43. The first-order valence-electron chi connectivity index (χ1n) is 11.7. The summed E-state index contributed by atoms with van der Waals surface area (Å²) in [7, 11) is 0. The first-order chi connectivity index (χ1) is 15.7. The molecule has 168 valence electrons. The van der Waals surface area contributed by atoms with Gasteiger partial charge in [-0.1, -0.05) is 60.2 Å². The molecule has 0 bridgehead atoms. The highest BCUT2D eigenvalue weighted by Crippen LogP contribution is 2.25. The Labute approximate surface area is 191 Å². The number of hydrogen-bond donors (Lipinski definition) is 2. The van der Waals surface area contributed by atoms with Gasteiger partial charge >= 0.3 is 0 Å². The summed E-state index contributed by atoms with van der Waals surface area (Å²) < 4.78 is 6.06. The Morgan fingerprint density at radius 1 is 0.969 bits per heavy atom. The van der Waals surface area contributed by atoms with Crippen LogP contribution in [0.4, 0.5) is 0 Å². The number of rotatable bonds is 10. The van der Waals surface area contributed by atoms with Gasteiger partial charge in [0.05, 0.1) is 6.61 Å². The van der Waals surface area contributed by atoms with Crippen molar-refractivity contribution in [1.82, 2.24) is 10.2 Å². The highest BCUT2D eigenvalue weighted by Gasteiger charge is 2.25. The quantitative estimate of drug-likeness (QED) is 0.478. The maximum absolute atomic E-state index is 9.84. The Hall–Kier alpha value is -2.66. The Morgan fingerprint density at radius 2 is 1.75 bits per heavy atom. The van der Waals surface area contributed by atoms with Gasteiger partial charge in [-0.05, 0) is 68.1 Å². The normalized spacial score (nSPS) is 17.4. The van der Waals surface area contributed by atoms with Crippen LogP contribution in [0.15, 0.2) is 78.9 Å². The van der Waals surface area contributed by atoms with Crippen molar-refractivity contribution in [3.8, 4) is 11.5 Å². The van der Waals surface area contributed by atoms with Crippen LogP contribution in [-0.2, 0) is 13.0 Å². The number of likely N-dealkylation sites (tertiary alicyclic amines) is 1. The van der Waals surface area contributed by atoms with Crippen LogP contribution in [-0.4, -0.2) is 41.8 Å². The van der Waals surface area contributed by atoms with Gasteiger partial charge in [0.1, 0.15) is 11.5 Å². The highest BCUT2D eigenvalue weighted by atomic mass is 16.5. The monoisotopic (exact) mass is 430 g/mol. The molecule has 0 aromatic heterocycles. The Morgan fingerprint density at radius 3 is 2.53 bits per heavy atom. The number of aryl methyl sites for hydroxylation is 1. The van der Waals surface area contributed by atoms with Gasteiger partial charge in [0.15, 0.2) is 0 Å². The Kier molecular flexibility index (Phi) is 7.94. The molecular weight excluding hydrogens is 396 g/mol. The number of aliphatic hydroxyl groups is 1. The van der Waals surface area contributed by atoms with Crippen LogP contribution < -0.4 is 10.1 Å². The zero-order valence-corrected chi connectivity index (χ0v) is 18.9. The maximum atomic E-state index is 9.84. The molecule has 1 saturated heterocycles. The molecule has 2 atom stereocenters. The number of nitrogens with zero attached hydrogens (tertiary/aromatic N) is 1. The van der Waals surface area contributed by atoms with Crippen LogP contribution in [0.3, 0.4) is 0 Å². The van der Waals surface area contributed by atoms with Crippen LogP contribution in [0.2, 0.25) is 0 Å². The van der Waals surface area contributed by atoms with E-state index in [4.69, 9.17) is 4.74 Å². The minimum atomic E-state index is 0.0890. The summed E-state index contributed by atoms with van der Waals surface area (Å²) in [4.78, 5) is 2.55. The standard InChI is InChI=1S/C28H34N2O2/c1-22-12-14-27(15-13-22)32-28-11-5-9-24(18-28)20-30-16-6-10-26(30)19-29-25(21-31)17-23-7-3-2-4-8-23/h2-5,7-9,11-15,18,25-26,29,31H,6,10,16-17,19-21H2,1H3. The second kappa shape index (κ2) is 11.3. The van der Waals surface area contributed by atoms with Gasteiger partial charge in [-0.25, -0.2) is 0 Å².